The summed E-state index contributed by atoms with van der Waals surface area (Å²) in [4.78, 5) is 0. The van der Waals surface area contributed by atoms with Gasteiger partial charge in [-0.1, -0.05) is 44.2 Å². The Morgan fingerprint density at radius 3 is 2.53 bits per heavy atom. The molecule has 19 heavy (non-hydrogen) atoms. The van der Waals surface area contributed by atoms with E-state index >= 15 is 0 Å². The van der Waals surface area contributed by atoms with Crippen molar-refractivity contribution in [3.8, 4) is 0 Å². The third kappa shape index (κ3) is 2.23. The topological polar surface area (TPSA) is 20.2 Å². The Balaban J connectivity index is 1.78. The van der Waals surface area contributed by atoms with Gasteiger partial charge < -0.3 is 5.11 Å². The molecule has 1 nitrogen and oxygen atoms in total. The molecule has 3 saturated carbocycles. The zero-order valence-electron chi connectivity index (χ0n) is 12.2. The first-order chi connectivity index (χ1) is 9.13. The average molecular weight is 258 g/mol. The number of benzene rings is 1. The van der Waals surface area contributed by atoms with Crippen LogP contribution in [0.25, 0.3) is 0 Å². The van der Waals surface area contributed by atoms with Crippen LogP contribution in [0.15, 0.2) is 30.3 Å². The number of rotatable bonds is 4. The lowest BCUT2D eigenvalue weighted by Crippen LogP contribution is -2.56. The highest BCUT2D eigenvalue weighted by molar-refractivity contribution is 5.17. The molecule has 2 bridgehead atoms. The summed E-state index contributed by atoms with van der Waals surface area (Å²) in [5.74, 6) is 3.28. The van der Waals surface area contributed by atoms with E-state index in [1.54, 1.807) is 0 Å². The summed E-state index contributed by atoms with van der Waals surface area (Å²) in [5, 5.41) is 9.33. The minimum atomic E-state index is 0.357. The fourth-order valence-corrected chi connectivity index (χ4v) is 4.74. The fourth-order valence-electron chi connectivity index (χ4n) is 4.74. The van der Waals surface area contributed by atoms with Crippen LogP contribution in [0.3, 0.4) is 0 Å². The Morgan fingerprint density at radius 1 is 1.16 bits per heavy atom. The van der Waals surface area contributed by atoms with Gasteiger partial charge in [0.15, 0.2) is 0 Å². The molecule has 3 aliphatic rings. The molecule has 0 unspecified atom stereocenters. The summed E-state index contributed by atoms with van der Waals surface area (Å²) >= 11 is 0. The van der Waals surface area contributed by atoms with Gasteiger partial charge in [0.2, 0.25) is 0 Å². The largest absolute Gasteiger partial charge is 0.396 e. The van der Waals surface area contributed by atoms with Gasteiger partial charge in [-0.15, -0.1) is 0 Å². The smallest absolute Gasteiger partial charge is 0.0433 e. The molecule has 1 heteroatoms. The van der Waals surface area contributed by atoms with E-state index in [-0.39, 0.29) is 0 Å². The van der Waals surface area contributed by atoms with Crippen LogP contribution in [0.2, 0.25) is 0 Å². The van der Waals surface area contributed by atoms with Crippen LogP contribution in [0.5, 0.6) is 0 Å². The van der Waals surface area contributed by atoms with Crippen molar-refractivity contribution in [3.63, 3.8) is 0 Å². The lowest BCUT2D eigenvalue weighted by Gasteiger charge is -2.63. The van der Waals surface area contributed by atoms with Crippen LogP contribution in [-0.2, 0) is 6.42 Å². The molecule has 0 saturated heterocycles. The number of hydrogen-bond acceptors (Lipinski definition) is 1. The van der Waals surface area contributed by atoms with Crippen molar-refractivity contribution >= 4 is 0 Å². The third-order valence-corrected chi connectivity index (χ3v) is 6.07. The molecule has 4 rings (SSSR count). The van der Waals surface area contributed by atoms with Gasteiger partial charge in [0.25, 0.3) is 0 Å². The highest BCUT2D eigenvalue weighted by Gasteiger charge is 2.56. The summed E-state index contributed by atoms with van der Waals surface area (Å²) in [7, 11) is 0. The maximum atomic E-state index is 9.33. The van der Waals surface area contributed by atoms with Crippen molar-refractivity contribution < 1.29 is 5.11 Å². The van der Waals surface area contributed by atoms with Gasteiger partial charge in [-0.2, -0.15) is 0 Å². The van der Waals surface area contributed by atoms with Crippen LogP contribution in [0, 0.1) is 29.1 Å². The van der Waals surface area contributed by atoms with Gasteiger partial charge in [-0.3, -0.25) is 0 Å². The molecule has 0 spiro atoms. The van der Waals surface area contributed by atoms with E-state index in [9.17, 15) is 5.11 Å². The second-order valence-electron chi connectivity index (χ2n) is 7.22. The Labute approximate surface area is 117 Å². The summed E-state index contributed by atoms with van der Waals surface area (Å²) in [6, 6.07) is 10.9. The van der Waals surface area contributed by atoms with Crippen molar-refractivity contribution in [2.75, 3.05) is 6.61 Å². The van der Waals surface area contributed by atoms with E-state index in [1.165, 1.54) is 24.8 Å². The van der Waals surface area contributed by atoms with E-state index < -0.39 is 0 Å². The number of fused-ring (bicyclic) bond motifs is 2. The molecule has 1 aromatic carbocycles. The van der Waals surface area contributed by atoms with Gasteiger partial charge >= 0.3 is 0 Å². The maximum absolute atomic E-state index is 9.33. The van der Waals surface area contributed by atoms with Crippen LogP contribution in [0.1, 0.15) is 38.7 Å². The minimum absolute atomic E-state index is 0.357. The van der Waals surface area contributed by atoms with Crippen LogP contribution >= 0.6 is 0 Å². The minimum Gasteiger partial charge on any atom is -0.396 e. The lowest BCUT2D eigenvalue weighted by atomic mass is 9.42. The van der Waals surface area contributed by atoms with Crippen molar-refractivity contribution in [2.24, 2.45) is 29.1 Å². The molecule has 4 atom stereocenters. The standard InChI is InChI=1S/C18H26O/c1-18(2)15-11-14(8-9-19)16(17(18)12-15)10-13-6-4-3-5-7-13/h3-7,14-17,19H,8-12H2,1-2H3/t14-,15-,16+,17-/m0/s1. The Bertz CT molecular complexity index is 423. The lowest BCUT2D eigenvalue weighted by molar-refractivity contribution is -0.137. The second-order valence-corrected chi connectivity index (χ2v) is 7.22. The molecule has 1 N–H and O–H groups in total. The van der Waals surface area contributed by atoms with Gasteiger partial charge in [-0.25, -0.2) is 0 Å². The Morgan fingerprint density at radius 2 is 1.89 bits per heavy atom. The maximum Gasteiger partial charge on any atom is 0.0433 e. The van der Waals surface area contributed by atoms with Crippen molar-refractivity contribution in [2.45, 2.75) is 39.5 Å². The average Bonchev–Trinajstić information content (AvgIpc) is 2.41. The van der Waals surface area contributed by atoms with Crippen LogP contribution < -0.4 is 0 Å². The van der Waals surface area contributed by atoms with E-state index in [2.05, 4.69) is 44.2 Å². The quantitative estimate of drug-likeness (QED) is 0.868. The second kappa shape index (κ2) is 4.94. The summed E-state index contributed by atoms with van der Waals surface area (Å²) in [5.41, 5.74) is 2.00. The fraction of sp³-hybridized carbons (Fsp3) is 0.667. The molecule has 0 amide bonds. The van der Waals surface area contributed by atoms with Crippen LogP contribution in [0.4, 0.5) is 0 Å². The SMILES string of the molecule is CC1(C)[C@H]2C[C@H](CCO)[C@@H](Cc3ccccc3)[C@@H]1C2. The first-order valence-corrected chi connectivity index (χ1v) is 7.77. The first-order valence-electron chi connectivity index (χ1n) is 7.77. The zero-order chi connectivity index (χ0) is 13.5. The predicted molar refractivity (Wildman–Crippen MR) is 78.8 cm³/mol. The predicted octanol–water partition coefficient (Wildman–Crippen LogP) is 3.91. The highest BCUT2D eigenvalue weighted by Crippen LogP contribution is 2.64. The molecule has 3 fully saturated rings. The zero-order valence-corrected chi connectivity index (χ0v) is 12.2. The Kier molecular flexibility index (Phi) is 3.42. The van der Waals surface area contributed by atoms with Gasteiger partial charge in [0, 0.05) is 6.61 Å². The normalized spacial score (nSPS) is 35.7. The van der Waals surface area contributed by atoms with Gasteiger partial charge in [0.1, 0.15) is 0 Å². The van der Waals surface area contributed by atoms with Crippen molar-refractivity contribution in [3.05, 3.63) is 35.9 Å². The number of aliphatic hydroxyl groups excluding tert-OH is 1. The monoisotopic (exact) mass is 258 g/mol. The number of hydrogen-bond donors (Lipinski definition) is 1. The molecule has 0 radical (unpaired) electrons. The van der Waals surface area contributed by atoms with E-state index in [0.29, 0.717) is 12.0 Å². The molecular formula is C18H26O. The molecule has 104 valence electrons. The van der Waals surface area contributed by atoms with E-state index in [1.807, 2.05) is 0 Å². The molecular weight excluding hydrogens is 232 g/mol. The van der Waals surface area contributed by atoms with E-state index in [0.717, 1.165) is 30.1 Å². The number of aliphatic hydroxyl groups is 1. The highest BCUT2D eigenvalue weighted by atomic mass is 16.3. The van der Waals surface area contributed by atoms with E-state index in [4.69, 9.17) is 0 Å². The van der Waals surface area contributed by atoms with Crippen LogP contribution in [-0.4, -0.2) is 11.7 Å². The summed E-state index contributed by atoms with van der Waals surface area (Å²) in [6.45, 7) is 5.27. The van der Waals surface area contributed by atoms with Crippen molar-refractivity contribution in [1.82, 2.24) is 0 Å². The molecule has 3 aliphatic carbocycles. The van der Waals surface area contributed by atoms with Gasteiger partial charge in [0.05, 0.1) is 0 Å². The van der Waals surface area contributed by atoms with Crippen molar-refractivity contribution in [1.29, 1.82) is 0 Å². The molecule has 1 aromatic rings. The molecule has 0 aliphatic heterocycles. The summed E-state index contributed by atoms with van der Waals surface area (Å²) in [6.07, 6.45) is 4.96. The molecule has 0 aromatic heterocycles. The first kappa shape index (κ1) is 13.2. The summed E-state index contributed by atoms with van der Waals surface area (Å²) < 4.78 is 0. The van der Waals surface area contributed by atoms with Gasteiger partial charge in [-0.05, 0) is 60.3 Å². The molecule has 0 heterocycles. The third-order valence-electron chi connectivity index (χ3n) is 6.07. The Hall–Kier alpha value is -0.820.